The van der Waals surface area contributed by atoms with Crippen molar-refractivity contribution in [2.75, 3.05) is 6.54 Å². The molecule has 1 aromatic carbocycles. The Morgan fingerprint density at radius 2 is 2.00 bits per heavy atom. The van der Waals surface area contributed by atoms with Crippen molar-refractivity contribution in [2.45, 2.75) is 52.5 Å². The average Bonchev–Trinajstić information content (AvgIpc) is 2.37. The Hall–Kier alpha value is -0.600. The van der Waals surface area contributed by atoms with E-state index >= 15 is 0 Å². The van der Waals surface area contributed by atoms with Crippen LogP contribution in [0, 0.1) is 11.7 Å². The Labute approximate surface area is 121 Å². The van der Waals surface area contributed by atoms with Crippen LogP contribution in [0.1, 0.15) is 45.6 Å². The molecule has 0 bridgehead atoms. The fourth-order valence-electron chi connectivity index (χ4n) is 2.38. The number of hydrogen-bond donors (Lipinski definition) is 1. The second-order valence-electron chi connectivity index (χ2n) is 5.27. The minimum atomic E-state index is -0.195. The summed E-state index contributed by atoms with van der Waals surface area (Å²) in [6.45, 7) is 7.56. The van der Waals surface area contributed by atoms with E-state index in [0.717, 1.165) is 37.8 Å². The van der Waals surface area contributed by atoms with Gasteiger partial charge in [0.15, 0.2) is 0 Å². The first-order chi connectivity index (χ1) is 9.08. The van der Waals surface area contributed by atoms with Gasteiger partial charge in [0.05, 0.1) is 0 Å². The van der Waals surface area contributed by atoms with Crippen molar-refractivity contribution in [1.82, 2.24) is 5.32 Å². The number of rotatable bonds is 8. The maximum atomic E-state index is 13.9. The first-order valence-corrected chi connectivity index (χ1v) is 7.63. The predicted molar refractivity (Wildman–Crippen MR) is 81.3 cm³/mol. The van der Waals surface area contributed by atoms with Gasteiger partial charge in [-0.3, -0.25) is 0 Å². The molecule has 0 heterocycles. The van der Waals surface area contributed by atoms with Crippen molar-refractivity contribution in [3.05, 3.63) is 34.6 Å². The van der Waals surface area contributed by atoms with E-state index in [2.05, 4.69) is 26.1 Å². The minimum absolute atomic E-state index is 0.195. The van der Waals surface area contributed by atoms with Gasteiger partial charge < -0.3 is 5.32 Å². The lowest BCUT2D eigenvalue weighted by atomic mass is 9.91. The van der Waals surface area contributed by atoms with Crippen LogP contribution in [0.3, 0.4) is 0 Å². The lowest BCUT2D eigenvalue weighted by Gasteiger charge is -2.25. The number of nitrogens with one attached hydrogen (secondary N) is 1. The topological polar surface area (TPSA) is 12.0 Å². The zero-order valence-corrected chi connectivity index (χ0v) is 12.9. The highest BCUT2D eigenvalue weighted by Gasteiger charge is 2.18. The largest absolute Gasteiger partial charge is 0.313 e. The van der Waals surface area contributed by atoms with E-state index in [-0.39, 0.29) is 5.82 Å². The maximum absolute atomic E-state index is 13.9. The SMILES string of the molecule is CCCNC(Cc1ccc(Cl)cc1F)C(C)CCC. The monoisotopic (exact) mass is 285 g/mol. The summed E-state index contributed by atoms with van der Waals surface area (Å²) in [6, 6.07) is 5.30. The molecule has 0 aromatic heterocycles. The summed E-state index contributed by atoms with van der Waals surface area (Å²) in [5.41, 5.74) is 0.751. The van der Waals surface area contributed by atoms with Crippen LogP contribution in [0.5, 0.6) is 0 Å². The Kier molecular flexibility index (Phi) is 7.40. The van der Waals surface area contributed by atoms with Crippen LogP contribution in [0.15, 0.2) is 18.2 Å². The second kappa shape index (κ2) is 8.55. The molecule has 108 valence electrons. The van der Waals surface area contributed by atoms with Crippen LogP contribution in [-0.2, 0) is 6.42 Å². The molecule has 0 radical (unpaired) electrons. The lowest BCUT2D eigenvalue weighted by Crippen LogP contribution is -2.37. The summed E-state index contributed by atoms with van der Waals surface area (Å²) in [5, 5.41) is 4.00. The summed E-state index contributed by atoms with van der Waals surface area (Å²) in [7, 11) is 0. The highest BCUT2D eigenvalue weighted by Crippen LogP contribution is 2.20. The third kappa shape index (κ3) is 5.50. The molecule has 1 nitrogen and oxygen atoms in total. The summed E-state index contributed by atoms with van der Waals surface area (Å²) in [6.07, 6.45) is 4.15. The van der Waals surface area contributed by atoms with Gasteiger partial charge in [-0.15, -0.1) is 0 Å². The Morgan fingerprint density at radius 3 is 2.58 bits per heavy atom. The molecule has 0 amide bonds. The van der Waals surface area contributed by atoms with E-state index in [1.165, 1.54) is 6.07 Å². The van der Waals surface area contributed by atoms with E-state index in [1.807, 2.05) is 0 Å². The molecule has 0 saturated carbocycles. The Morgan fingerprint density at radius 1 is 1.26 bits per heavy atom. The van der Waals surface area contributed by atoms with Gasteiger partial charge in [-0.25, -0.2) is 4.39 Å². The molecule has 0 aliphatic heterocycles. The molecule has 0 aliphatic carbocycles. The van der Waals surface area contributed by atoms with Crippen molar-refractivity contribution in [3.8, 4) is 0 Å². The molecule has 19 heavy (non-hydrogen) atoms. The fourth-order valence-corrected chi connectivity index (χ4v) is 2.54. The van der Waals surface area contributed by atoms with Crippen molar-refractivity contribution in [1.29, 1.82) is 0 Å². The molecule has 2 unspecified atom stereocenters. The summed E-state index contributed by atoms with van der Waals surface area (Å²) >= 11 is 5.79. The van der Waals surface area contributed by atoms with Crippen molar-refractivity contribution in [3.63, 3.8) is 0 Å². The van der Waals surface area contributed by atoms with Crippen molar-refractivity contribution < 1.29 is 4.39 Å². The highest BCUT2D eigenvalue weighted by atomic mass is 35.5. The molecule has 0 saturated heterocycles. The van der Waals surface area contributed by atoms with Crippen LogP contribution < -0.4 is 5.32 Å². The summed E-state index contributed by atoms with van der Waals surface area (Å²) < 4.78 is 13.9. The van der Waals surface area contributed by atoms with E-state index in [9.17, 15) is 4.39 Å². The molecule has 2 atom stereocenters. The van der Waals surface area contributed by atoms with Crippen LogP contribution in [-0.4, -0.2) is 12.6 Å². The minimum Gasteiger partial charge on any atom is -0.313 e. The van der Waals surface area contributed by atoms with Gasteiger partial charge in [-0.05, 0) is 49.4 Å². The third-order valence-electron chi connectivity index (χ3n) is 3.54. The van der Waals surface area contributed by atoms with Crippen molar-refractivity contribution >= 4 is 11.6 Å². The normalized spacial score (nSPS) is 14.4. The van der Waals surface area contributed by atoms with Gasteiger partial charge in [-0.1, -0.05) is 44.9 Å². The van der Waals surface area contributed by atoms with Gasteiger partial charge in [0.25, 0.3) is 0 Å². The van der Waals surface area contributed by atoms with E-state index in [1.54, 1.807) is 12.1 Å². The molecular weight excluding hydrogens is 261 g/mol. The molecule has 1 N–H and O–H groups in total. The molecule has 3 heteroatoms. The standard InChI is InChI=1S/C16H25ClFN/c1-4-6-12(3)16(19-9-5-2)10-13-7-8-14(17)11-15(13)18/h7-8,11-12,16,19H,4-6,9-10H2,1-3H3. The molecule has 1 aromatic rings. The first-order valence-electron chi connectivity index (χ1n) is 7.25. The molecule has 1 rings (SSSR count). The Balaban J connectivity index is 2.74. The number of hydrogen-bond acceptors (Lipinski definition) is 1. The molecular formula is C16H25ClFN. The van der Waals surface area contributed by atoms with E-state index < -0.39 is 0 Å². The van der Waals surface area contributed by atoms with Gasteiger partial charge in [0, 0.05) is 11.1 Å². The zero-order chi connectivity index (χ0) is 14.3. The van der Waals surface area contributed by atoms with E-state index in [0.29, 0.717) is 17.0 Å². The zero-order valence-electron chi connectivity index (χ0n) is 12.2. The smallest absolute Gasteiger partial charge is 0.127 e. The van der Waals surface area contributed by atoms with Crippen LogP contribution in [0.25, 0.3) is 0 Å². The highest BCUT2D eigenvalue weighted by molar-refractivity contribution is 6.30. The van der Waals surface area contributed by atoms with Gasteiger partial charge in [0.1, 0.15) is 5.82 Å². The van der Waals surface area contributed by atoms with Gasteiger partial charge in [0.2, 0.25) is 0 Å². The average molecular weight is 286 g/mol. The van der Waals surface area contributed by atoms with E-state index in [4.69, 9.17) is 11.6 Å². The lowest BCUT2D eigenvalue weighted by molar-refractivity contribution is 0.349. The molecule has 0 spiro atoms. The van der Waals surface area contributed by atoms with Crippen molar-refractivity contribution in [2.24, 2.45) is 5.92 Å². The summed E-state index contributed by atoms with van der Waals surface area (Å²) in [4.78, 5) is 0. The first kappa shape index (κ1) is 16.5. The molecule has 0 fully saturated rings. The predicted octanol–water partition coefficient (Wildman–Crippen LogP) is 4.83. The number of halogens is 2. The molecule has 0 aliphatic rings. The summed E-state index contributed by atoms with van der Waals surface area (Å²) in [5.74, 6) is 0.353. The third-order valence-corrected chi connectivity index (χ3v) is 3.78. The number of benzene rings is 1. The van der Waals surface area contributed by atoms with Crippen LogP contribution in [0.2, 0.25) is 5.02 Å². The van der Waals surface area contributed by atoms with Gasteiger partial charge in [-0.2, -0.15) is 0 Å². The van der Waals surface area contributed by atoms with Crippen LogP contribution >= 0.6 is 11.6 Å². The maximum Gasteiger partial charge on any atom is 0.127 e. The van der Waals surface area contributed by atoms with Gasteiger partial charge >= 0.3 is 0 Å². The second-order valence-corrected chi connectivity index (χ2v) is 5.70. The fraction of sp³-hybridized carbons (Fsp3) is 0.625. The van der Waals surface area contributed by atoms with Crippen LogP contribution in [0.4, 0.5) is 4.39 Å². The quantitative estimate of drug-likeness (QED) is 0.722. The Bertz CT molecular complexity index is 381.